The molecule has 4 aliphatic rings. The first kappa shape index (κ1) is 13.4. The van der Waals surface area contributed by atoms with E-state index in [-0.39, 0.29) is 17.8 Å². The molecule has 6 atom stereocenters. The van der Waals surface area contributed by atoms with Gasteiger partial charge in [-0.15, -0.1) is 0 Å². The lowest BCUT2D eigenvalue weighted by Crippen LogP contribution is -2.67. The highest BCUT2D eigenvalue weighted by Crippen LogP contribution is 2.59. The standard InChI is InChI=1S/C15H24O4/c1-3-9(2)13(17)19-14-5-10-4-11(7-14)12(16)15(18,6-10)8-14/h9-12,16,18H,3-8H2,1-2H3. The summed E-state index contributed by atoms with van der Waals surface area (Å²) in [6.07, 6.45) is 3.75. The molecule has 0 aromatic rings. The van der Waals surface area contributed by atoms with Gasteiger partial charge in [-0.3, -0.25) is 4.79 Å². The van der Waals surface area contributed by atoms with Crippen LogP contribution in [0.5, 0.6) is 0 Å². The smallest absolute Gasteiger partial charge is 0.309 e. The van der Waals surface area contributed by atoms with E-state index in [1.165, 1.54) is 0 Å². The second-order valence-electron chi connectivity index (χ2n) is 7.11. The van der Waals surface area contributed by atoms with Gasteiger partial charge < -0.3 is 14.9 Å². The average Bonchev–Trinajstić information content (AvgIpc) is 2.33. The largest absolute Gasteiger partial charge is 0.459 e. The van der Waals surface area contributed by atoms with Gasteiger partial charge >= 0.3 is 5.97 Å². The molecule has 0 aromatic carbocycles. The van der Waals surface area contributed by atoms with E-state index in [0.29, 0.717) is 18.8 Å². The maximum Gasteiger partial charge on any atom is 0.309 e. The Balaban J connectivity index is 1.80. The summed E-state index contributed by atoms with van der Waals surface area (Å²) in [5.74, 6) is 0.247. The number of carbonyl (C=O) groups is 1. The second kappa shape index (κ2) is 4.19. The molecule has 4 bridgehead atoms. The van der Waals surface area contributed by atoms with Crippen LogP contribution in [0.4, 0.5) is 0 Å². The molecule has 0 amide bonds. The van der Waals surface area contributed by atoms with Crippen LogP contribution in [0.3, 0.4) is 0 Å². The fraction of sp³-hybridized carbons (Fsp3) is 0.933. The molecule has 0 radical (unpaired) electrons. The highest BCUT2D eigenvalue weighted by Gasteiger charge is 2.63. The molecule has 0 saturated heterocycles. The van der Waals surface area contributed by atoms with E-state index in [1.54, 1.807) is 0 Å². The summed E-state index contributed by atoms with van der Waals surface area (Å²) in [7, 11) is 0. The van der Waals surface area contributed by atoms with Gasteiger partial charge in [-0.2, -0.15) is 0 Å². The van der Waals surface area contributed by atoms with Crippen LogP contribution in [0.25, 0.3) is 0 Å². The van der Waals surface area contributed by atoms with E-state index in [1.807, 2.05) is 13.8 Å². The number of aliphatic hydroxyl groups excluding tert-OH is 1. The lowest BCUT2D eigenvalue weighted by atomic mass is 9.51. The van der Waals surface area contributed by atoms with Crippen molar-refractivity contribution in [1.29, 1.82) is 0 Å². The van der Waals surface area contributed by atoms with Gasteiger partial charge in [-0.05, 0) is 43.9 Å². The zero-order valence-electron chi connectivity index (χ0n) is 11.8. The van der Waals surface area contributed by atoms with Crippen molar-refractivity contribution in [3.63, 3.8) is 0 Å². The molecular formula is C15H24O4. The Labute approximate surface area is 114 Å². The van der Waals surface area contributed by atoms with Gasteiger partial charge in [-0.1, -0.05) is 13.8 Å². The predicted octanol–water partition coefficient (Wildman–Crippen LogP) is 1.63. The normalized spacial score (nSPS) is 49.2. The monoisotopic (exact) mass is 268 g/mol. The molecule has 6 unspecified atom stereocenters. The summed E-state index contributed by atoms with van der Waals surface area (Å²) in [6, 6.07) is 0. The third kappa shape index (κ3) is 2.00. The molecule has 4 nitrogen and oxygen atoms in total. The lowest BCUT2D eigenvalue weighted by Gasteiger charge is -2.61. The van der Waals surface area contributed by atoms with E-state index in [2.05, 4.69) is 0 Å². The van der Waals surface area contributed by atoms with E-state index in [9.17, 15) is 15.0 Å². The van der Waals surface area contributed by atoms with E-state index >= 15 is 0 Å². The first-order valence-electron chi connectivity index (χ1n) is 7.51. The molecule has 0 aliphatic heterocycles. The third-order valence-corrected chi connectivity index (χ3v) is 5.53. The fourth-order valence-corrected chi connectivity index (χ4v) is 4.62. The van der Waals surface area contributed by atoms with Crippen molar-refractivity contribution in [1.82, 2.24) is 0 Å². The number of hydrogen-bond acceptors (Lipinski definition) is 4. The Hall–Kier alpha value is -0.610. The Kier molecular flexibility index (Phi) is 2.95. The van der Waals surface area contributed by atoms with Gasteiger partial charge in [0.15, 0.2) is 0 Å². The topological polar surface area (TPSA) is 66.8 Å². The quantitative estimate of drug-likeness (QED) is 0.763. The minimum absolute atomic E-state index is 0.0902. The summed E-state index contributed by atoms with van der Waals surface area (Å²) < 4.78 is 5.81. The van der Waals surface area contributed by atoms with E-state index < -0.39 is 17.3 Å². The summed E-state index contributed by atoms with van der Waals surface area (Å²) in [4.78, 5) is 12.1. The summed E-state index contributed by atoms with van der Waals surface area (Å²) in [5.41, 5.74) is -1.54. The SMILES string of the molecule is CCC(C)C(=O)OC12CC3CC(C1)C(O)C(O)(C3)C2. The van der Waals surface area contributed by atoms with Crippen molar-refractivity contribution in [3.05, 3.63) is 0 Å². The molecule has 0 spiro atoms. The van der Waals surface area contributed by atoms with E-state index in [0.717, 1.165) is 25.7 Å². The van der Waals surface area contributed by atoms with Gasteiger partial charge in [0.2, 0.25) is 0 Å². The molecule has 19 heavy (non-hydrogen) atoms. The van der Waals surface area contributed by atoms with Crippen LogP contribution < -0.4 is 0 Å². The second-order valence-corrected chi connectivity index (χ2v) is 7.11. The zero-order valence-corrected chi connectivity index (χ0v) is 11.8. The van der Waals surface area contributed by atoms with Crippen molar-refractivity contribution in [2.75, 3.05) is 0 Å². The molecule has 4 saturated carbocycles. The summed E-state index contributed by atoms with van der Waals surface area (Å²) in [5, 5.41) is 20.8. The molecular weight excluding hydrogens is 244 g/mol. The van der Waals surface area contributed by atoms with Gasteiger partial charge in [-0.25, -0.2) is 0 Å². The molecule has 108 valence electrons. The molecule has 0 heterocycles. The van der Waals surface area contributed by atoms with Crippen molar-refractivity contribution in [2.45, 2.75) is 69.7 Å². The molecule has 4 aliphatic carbocycles. The number of aliphatic hydroxyl groups is 2. The van der Waals surface area contributed by atoms with Crippen molar-refractivity contribution in [2.24, 2.45) is 17.8 Å². The average molecular weight is 268 g/mol. The first-order valence-corrected chi connectivity index (χ1v) is 7.51. The number of hydrogen-bond donors (Lipinski definition) is 2. The van der Waals surface area contributed by atoms with Crippen molar-refractivity contribution in [3.8, 4) is 0 Å². The third-order valence-electron chi connectivity index (χ3n) is 5.53. The Morgan fingerprint density at radius 3 is 2.79 bits per heavy atom. The van der Waals surface area contributed by atoms with Crippen molar-refractivity contribution < 1.29 is 19.7 Å². The number of carbonyl (C=O) groups excluding carboxylic acids is 1. The maximum absolute atomic E-state index is 12.1. The molecule has 2 N–H and O–H groups in total. The fourth-order valence-electron chi connectivity index (χ4n) is 4.62. The minimum atomic E-state index is -1.03. The lowest BCUT2D eigenvalue weighted by molar-refractivity contribution is -0.261. The molecule has 4 fully saturated rings. The molecule has 4 rings (SSSR count). The molecule has 4 heteroatoms. The Morgan fingerprint density at radius 1 is 1.42 bits per heavy atom. The van der Waals surface area contributed by atoms with Crippen LogP contribution in [0.15, 0.2) is 0 Å². The van der Waals surface area contributed by atoms with Gasteiger partial charge in [0.1, 0.15) is 5.60 Å². The molecule has 0 aromatic heterocycles. The number of ether oxygens (including phenoxy) is 1. The minimum Gasteiger partial charge on any atom is -0.459 e. The van der Waals surface area contributed by atoms with Crippen LogP contribution in [0, 0.1) is 17.8 Å². The van der Waals surface area contributed by atoms with Gasteiger partial charge in [0, 0.05) is 6.42 Å². The van der Waals surface area contributed by atoms with Gasteiger partial charge in [0.05, 0.1) is 17.6 Å². The van der Waals surface area contributed by atoms with Crippen molar-refractivity contribution >= 4 is 5.97 Å². The van der Waals surface area contributed by atoms with Crippen LogP contribution in [-0.4, -0.2) is 33.5 Å². The zero-order chi connectivity index (χ0) is 13.8. The maximum atomic E-state index is 12.1. The Bertz CT molecular complexity index is 396. The first-order chi connectivity index (χ1) is 8.87. The summed E-state index contributed by atoms with van der Waals surface area (Å²) in [6.45, 7) is 3.86. The van der Waals surface area contributed by atoms with Gasteiger partial charge in [0.25, 0.3) is 0 Å². The number of esters is 1. The van der Waals surface area contributed by atoms with Crippen LogP contribution in [0.2, 0.25) is 0 Å². The Morgan fingerprint density at radius 2 is 2.16 bits per heavy atom. The number of rotatable bonds is 3. The van der Waals surface area contributed by atoms with Crippen LogP contribution in [0.1, 0.15) is 52.4 Å². The predicted molar refractivity (Wildman–Crippen MR) is 69.3 cm³/mol. The van der Waals surface area contributed by atoms with E-state index in [4.69, 9.17) is 4.74 Å². The van der Waals surface area contributed by atoms with Crippen LogP contribution >= 0.6 is 0 Å². The highest BCUT2D eigenvalue weighted by molar-refractivity contribution is 5.72. The van der Waals surface area contributed by atoms with Crippen LogP contribution in [-0.2, 0) is 9.53 Å². The highest BCUT2D eigenvalue weighted by atomic mass is 16.6. The summed E-state index contributed by atoms with van der Waals surface area (Å²) >= 11 is 0.